The van der Waals surface area contributed by atoms with Gasteiger partial charge < -0.3 is 31.5 Å². The Kier molecular flexibility index (Phi) is 9.15. The third-order valence-corrected chi connectivity index (χ3v) is 6.19. The van der Waals surface area contributed by atoms with Crippen LogP contribution in [0, 0.1) is 0 Å². The van der Waals surface area contributed by atoms with Gasteiger partial charge in [0.25, 0.3) is 0 Å². The Morgan fingerprint density at radius 3 is 2.95 bits per heavy atom. The lowest BCUT2D eigenvalue weighted by molar-refractivity contribution is -0.117. The first-order valence-electron chi connectivity index (χ1n) is 12.2. The van der Waals surface area contributed by atoms with Crippen LogP contribution < -0.4 is 32.6 Å². The van der Waals surface area contributed by atoms with E-state index in [0.717, 1.165) is 11.3 Å². The fourth-order valence-corrected chi connectivity index (χ4v) is 4.21. The van der Waals surface area contributed by atoms with Crippen LogP contribution in [0.2, 0.25) is 5.02 Å². The fraction of sp³-hybridized carbons (Fsp3) is 0.231. The Labute approximate surface area is 230 Å². The number of hydrazone groups is 1. The van der Waals surface area contributed by atoms with Gasteiger partial charge in [-0.2, -0.15) is 5.10 Å². The molecule has 0 spiro atoms. The average molecular weight is 552 g/mol. The zero-order chi connectivity index (χ0) is 27.8. The summed E-state index contributed by atoms with van der Waals surface area (Å²) >= 11 is 6.15. The van der Waals surface area contributed by atoms with Crippen molar-refractivity contribution >= 4 is 52.9 Å². The SMILES string of the molecule is CNc1ccc2c(c1)NC(=O)CCCOC[C@H](NC(=O)/C=C/c1cc(Cl)ccc1N(N)/C=N\N)c1nc-2c[nH]1. The molecule has 39 heavy (non-hydrogen) atoms. The highest BCUT2D eigenvalue weighted by molar-refractivity contribution is 6.30. The van der Waals surface area contributed by atoms with E-state index in [-0.39, 0.29) is 18.4 Å². The minimum Gasteiger partial charge on any atom is -0.388 e. The first-order chi connectivity index (χ1) is 18.9. The molecule has 0 unspecified atom stereocenters. The first-order valence-corrected chi connectivity index (χ1v) is 12.6. The van der Waals surface area contributed by atoms with Gasteiger partial charge in [0.05, 0.1) is 23.7 Å². The molecule has 0 fully saturated rings. The molecule has 1 aromatic heterocycles. The number of amides is 2. The van der Waals surface area contributed by atoms with Gasteiger partial charge in [0.15, 0.2) is 0 Å². The number of anilines is 3. The normalized spacial score (nSPS) is 16.1. The van der Waals surface area contributed by atoms with Crippen LogP contribution in [0.3, 0.4) is 0 Å². The molecule has 2 amide bonds. The van der Waals surface area contributed by atoms with Gasteiger partial charge in [-0.05, 0) is 48.9 Å². The molecule has 0 saturated heterocycles. The minimum atomic E-state index is -0.574. The number of nitrogens with two attached hydrogens (primary N) is 2. The second-order valence-corrected chi connectivity index (χ2v) is 9.11. The number of carbonyl (C=O) groups is 2. The standard InChI is InChI=1S/C26H30ClN9O3/c1-30-18-6-7-19-20(12-18)33-24(37)3-2-10-39-14-22(26-31-13-21(19)35-26)34-25(38)9-4-16-11-17(27)5-8-23(16)36(29)15-32-28/h4-9,11-13,15,22,30H,2-3,10,14,28-29H2,1H3,(H,31,35)(H,33,37)(H,34,38)/b9-4+,32-15-/t22-/m0/s1. The Hall–Kier alpha value is -4.39. The van der Waals surface area contributed by atoms with Crippen molar-refractivity contribution in [3.63, 3.8) is 0 Å². The molecule has 3 aromatic rings. The van der Waals surface area contributed by atoms with Crippen molar-refractivity contribution < 1.29 is 14.3 Å². The van der Waals surface area contributed by atoms with Gasteiger partial charge in [0, 0.05) is 54.2 Å². The highest BCUT2D eigenvalue weighted by atomic mass is 35.5. The van der Waals surface area contributed by atoms with E-state index in [2.05, 4.69) is 26.0 Å². The number of H-pyrrole nitrogens is 1. The quantitative estimate of drug-likeness (QED) is 0.0890. The lowest BCUT2D eigenvalue weighted by Gasteiger charge is -2.17. The molecule has 204 valence electrons. The van der Waals surface area contributed by atoms with Gasteiger partial charge in [-0.15, -0.1) is 0 Å². The molecular weight excluding hydrogens is 522 g/mol. The molecule has 0 saturated carbocycles. The molecule has 1 aliphatic rings. The summed E-state index contributed by atoms with van der Waals surface area (Å²) in [5, 5.41) is 14.1. The van der Waals surface area contributed by atoms with E-state index in [1.54, 1.807) is 30.5 Å². The van der Waals surface area contributed by atoms with Gasteiger partial charge in [-0.1, -0.05) is 11.6 Å². The maximum Gasteiger partial charge on any atom is 0.244 e. The molecule has 1 aliphatic heterocycles. The van der Waals surface area contributed by atoms with Crippen LogP contribution in [-0.2, 0) is 14.3 Å². The van der Waals surface area contributed by atoms with Gasteiger partial charge >= 0.3 is 0 Å². The summed E-state index contributed by atoms with van der Waals surface area (Å²) < 4.78 is 5.79. The summed E-state index contributed by atoms with van der Waals surface area (Å²) in [5.74, 6) is 11.2. The molecule has 2 heterocycles. The number of halogens is 1. The van der Waals surface area contributed by atoms with Crippen LogP contribution in [0.25, 0.3) is 17.3 Å². The van der Waals surface area contributed by atoms with Crippen molar-refractivity contribution in [1.29, 1.82) is 0 Å². The summed E-state index contributed by atoms with van der Waals surface area (Å²) in [7, 11) is 1.81. The molecule has 12 nitrogen and oxygen atoms in total. The Morgan fingerprint density at radius 1 is 1.31 bits per heavy atom. The van der Waals surface area contributed by atoms with E-state index in [4.69, 9.17) is 33.0 Å². The van der Waals surface area contributed by atoms with E-state index in [9.17, 15) is 9.59 Å². The third-order valence-electron chi connectivity index (χ3n) is 5.95. The molecule has 0 radical (unpaired) electrons. The smallest absolute Gasteiger partial charge is 0.244 e. The maximum absolute atomic E-state index is 13.0. The number of aromatic nitrogens is 2. The topological polar surface area (TPSA) is 176 Å². The second kappa shape index (κ2) is 12.9. The van der Waals surface area contributed by atoms with Crippen LogP contribution in [-0.4, -0.2) is 48.4 Å². The van der Waals surface area contributed by atoms with Gasteiger partial charge in [-0.25, -0.2) is 10.8 Å². The second-order valence-electron chi connectivity index (χ2n) is 8.68. The molecule has 2 aromatic carbocycles. The van der Waals surface area contributed by atoms with Gasteiger partial charge in [0.2, 0.25) is 11.8 Å². The number of fused-ring (bicyclic) bond motifs is 4. The predicted molar refractivity (Wildman–Crippen MR) is 153 cm³/mol. The Bertz CT molecular complexity index is 1390. The number of benzene rings is 2. The largest absolute Gasteiger partial charge is 0.388 e. The van der Waals surface area contributed by atoms with E-state index in [1.165, 1.54) is 17.4 Å². The minimum absolute atomic E-state index is 0.118. The van der Waals surface area contributed by atoms with Crippen LogP contribution in [0.4, 0.5) is 17.1 Å². The maximum atomic E-state index is 13.0. The van der Waals surface area contributed by atoms with Crippen molar-refractivity contribution in [3.8, 4) is 11.3 Å². The lowest BCUT2D eigenvalue weighted by atomic mass is 10.1. The molecular formula is C26H30ClN9O3. The zero-order valence-corrected chi connectivity index (χ0v) is 22.0. The van der Waals surface area contributed by atoms with Crippen molar-refractivity contribution in [2.75, 3.05) is 35.9 Å². The zero-order valence-electron chi connectivity index (χ0n) is 21.3. The lowest BCUT2D eigenvalue weighted by Crippen LogP contribution is -2.31. The van der Waals surface area contributed by atoms with Crippen molar-refractivity contribution in [2.45, 2.75) is 18.9 Å². The number of carbonyl (C=O) groups excluding carboxylic acids is 2. The number of hydrogen-bond donors (Lipinski definition) is 6. The first kappa shape index (κ1) is 27.6. The van der Waals surface area contributed by atoms with E-state index < -0.39 is 6.04 Å². The summed E-state index contributed by atoms with van der Waals surface area (Å²) in [5.41, 5.74) is 3.98. The molecule has 2 bridgehead atoms. The molecule has 0 aliphatic carbocycles. The van der Waals surface area contributed by atoms with Gasteiger partial charge in [-0.3, -0.25) is 14.6 Å². The number of ether oxygens (including phenoxy) is 1. The van der Waals surface area contributed by atoms with E-state index in [0.29, 0.717) is 52.9 Å². The number of nitrogens with zero attached hydrogens (tertiary/aromatic N) is 3. The predicted octanol–water partition coefficient (Wildman–Crippen LogP) is 2.97. The van der Waals surface area contributed by atoms with E-state index >= 15 is 0 Å². The molecule has 13 heteroatoms. The Balaban J connectivity index is 1.58. The Morgan fingerprint density at radius 2 is 2.15 bits per heavy atom. The number of imidazole rings is 1. The number of aromatic amines is 1. The van der Waals surface area contributed by atoms with Crippen molar-refractivity contribution in [3.05, 3.63) is 65.1 Å². The molecule has 8 N–H and O–H groups in total. The monoisotopic (exact) mass is 551 g/mol. The number of hydrazine groups is 1. The van der Waals surface area contributed by atoms with Crippen LogP contribution >= 0.6 is 11.6 Å². The number of rotatable bonds is 6. The summed E-state index contributed by atoms with van der Waals surface area (Å²) in [6, 6.07) is 10.1. The molecule has 4 rings (SSSR count). The highest BCUT2D eigenvalue weighted by Crippen LogP contribution is 2.31. The van der Waals surface area contributed by atoms with Crippen LogP contribution in [0.5, 0.6) is 0 Å². The number of hydrogen-bond acceptors (Lipinski definition) is 8. The summed E-state index contributed by atoms with van der Waals surface area (Å²) in [6.45, 7) is 0.499. The average Bonchev–Trinajstić information content (AvgIpc) is 3.41. The number of nitrogens with one attached hydrogen (secondary N) is 4. The van der Waals surface area contributed by atoms with Gasteiger partial charge in [0.1, 0.15) is 18.2 Å². The van der Waals surface area contributed by atoms with Crippen LogP contribution in [0.1, 0.15) is 30.3 Å². The van der Waals surface area contributed by atoms with Crippen LogP contribution in [0.15, 0.2) is 53.8 Å². The fourth-order valence-electron chi connectivity index (χ4n) is 4.03. The van der Waals surface area contributed by atoms with E-state index in [1.807, 2.05) is 25.2 Å². The summed E-state index contributed by atoms with van der Waals surface area (Å²) in [6.07, 6.45) is 6.73. The third kappa shape index (κ3) is 7.13. The van der Waals surface area contributed by atoms with Crippen molar-refractivity contribution in [2.24, 2.45) is 16.8 Å². The van der Waals surface area contributed by atoms with Crippen molar-refractivity contribution in [1.82, 2.24) is 15.3 Å². The summed E-state index contributed by atoms with van der Waals surface area (Å²) in [4.78, 5) is 33.3. The highest BCUT2D eigenvalue weighted by Gasteiger charge is 2.20. The molecule has 1 atom stereocenters.